The van der Waals surface area contributed by atoms with Crippen molar-refractivity contribution in [3.63, 3.8) is 0 Å². The zero-order valence-corrected chi connectivity index (χ0v) is 12.9. The van der Waals surface area contributed by atoms with E-state index in [2.05, 4.69) is 11.4 Å². The van der Waals surface area contributed by atoms with Gasteiger partial charge in [0.2, 0.25) is 0 Å². The number of carbonyl (C=O) groups excluding carboxylic acids is 1. The van der Waals surface area contributed by atoms with Crippen molar-refractivity contribution in [2.45, 2.75) is 19.4 Å². The minimum absolute atomic E-state index is 0.130. The van der Waals surface area contributed by atoms with Gasteiger partial charge in [0.15, 0.2) is 0 Å². The highest BCUT2D eigenvalue weighted by Gasteiger charge is 2.27. The van der Waals surface area contributed by atoms with Crippen LogP contribution >= 0.6 is 11.3 Å². The quantitative estimate of drug-likeness (QED) is 0.921. The van der Waals surface area contributed by atoms with Crippen molar-refractivity contribution in [1.82, 2.24) is 5.32 Å². The molecule has 6 heteroatoms. The molecule has 2 aromatic rings. The number of methoxy groups -OCH3 is 1. The molecular weight excluding hydrogens is 288 g/mol. The number of thiophene rings is 1. The number of aryl methyl sites for hydroxylation is 1. The summed E-state index contributed by atoms with van der Waals surface area (Å²) in [5.74, 6) is 1.26. The zero-order valence-electron chi connectivity index (χ0n) is 12.1. The molecule has 0 saturated carbocycles. The summed E-state index contributed by atoms with van der Waals surface area (Å²) in [7, 11) is 1.49. The third-order valence-corrected chi connectivity index (χ3v) is 3.98. The molecule has 1 N–H and O–H groups in total. The second-order valence-electron chi connectivity index (χ2n) is 4.91. The second-order valence-corrected chi connectivity index (χ2v) is 5.99. The van der Waals surface area contributed by atoms with Gasteiger partial charge >= 0.3 is 0 Å². The first kappa shape index (κ1) is 15.3. The standard InChI is InChI=1S/C15H16N2O3S/c1-10-4-5-11(20-10)12-6-7-13(21-12)14(18)17-15(2,8-16)9-19-3/h4-7H,9H2,1-3H3,(H,17,18). The molecule has 0 saturated heterocycles. The molecule has 0 aliphatic heterocycles. The van der Waals surface area contributed by atoms with E-state index in [4.69, 9.17) is 14.4 Å². The van der Waals surface area contributed by atoms with Gasteiger partial charge in [0.25, 0.3) is 5.91 Å². The van der Waals surface area contributed by atoms with Gasteiger partial charge < -0.3 is 14.5 Å². The van der Waals surface area contributed by atoms with Crippen molar-refractivity contribution >= 4 is 17.2 Å². The summed E-state index contributed by atoms with van der Waals surface area (Å²) < 4.78 is 10.5. The van der Waals surface area contributed by atoms with Gasteiger partial charge in [-0.1, -0.05) is 0 Å². The Morgan fingerprint density at radius 1 is 1.48 bits per heavy atom. The smallest absolute Gasteiger partial charge is 0.262 e. The monoisotopic (exact) mass is 304 g/mol. The lowest BCUT2D eigenvalue weighted by Crippen LogP contribution is -2.48. The SMILES string of the molecule is COCC(C)(C#N)NC(=O)c1ccc(-c2ccc(C)o2)s1. The van der Waals surface area contributed by atoms with Crippen LogP contribution in [0.25, 0.3) is 10.6 Å². The minimum Gasteiger partial charge on any atom is -0.461 e. The average molecular weight is 304 g/mol. The van der Waals surface area contributed by atoms with E-state index in [0.717, 1.165) is 16.4 Å². The summed E-state index contributed by atoms with van der Waals surface area (Å²) in [5, 5.41) is 11.8. The first-order chi connectivity index (χ1) is 9.97. The molecule has 0 aliphatic rings. The summed E-state index contributed by atoms with van der Waals surface area (Å²) in [5.41, 5.74) is -1.04. The number of amides is 1. The molecule has 110 valence electrons. The van der Waals surface area contributed by atoms with Crippen LogP contribution in [0, 0.1) is 18.3 Å². The van der Waals surface area contributed by atoms with Crippen LogP contribution in [-0.4, -0.2) is 25.2 Å². The Morgan fingerprint density at radius 3 is 2.81 bits per heavy atom. The number of nitriles is 1. The van der Waals surface area contributed by atoms with E-state index in [1.165, 1.54) is 18.4 Å². The zero-order chi connectivity index (χ0) is 15.5. The molecule has 0 aliphatic carbocycles. The van der Waals surface area contributed by atoms with Crippen LogP contribution in [0.1, 0.15) is 22.4 Å². The molecule has 21 heavy (non-hydrogen) atoms. The summed E-state index contributed by atoms with van der Waals surface area (Å²) in [6.07, 6.45) is 0. The fourth-order valence-electron chi connectivity index (χ4n) is 1.86. The van der Waals surface area contributed by atoms with Gasteiger partial charge in [0, 0.05) is 7.11 Å². The molecule has 0 radical (unpaired) electrons. The van der Waals surface area contributed by atoms with Crippen molar-refractivity contribution in [2.75, 3.05) is 13.7 Å². The van der Waals surface area contributed by atoms with Crippen LogP contribution in [0.2, 0.25) is 0 Å². The highest BCUT2D eigenvalue weighted by atomic mass is 32.1. The normalized spacial score (nSPS) is 13.4. The largest absolute Gasteiger partial charge is 0.461 e. The predicted octanol–water partition coefficient (Wildman–Crippen LogP) is 2.98. The molecule has 2 rings (SSSR count). The summed E-state index contributed by atoms with van der Waals surface area (Å²) in [4.78, 5) is 13.6. The van der Waals surface area contributed by atoms with Gasteiger partial charge in [-0.25, -0.2) is 0 Å². The maximum atomic E-state index is 12.2. The number of nitrogens with zero attached hydrogens (tertiary/aromatic N) is 1. The molecule has 0 fully saturated rings. The van der Waals surface area contributed by atoms with Crippen LogP contribution in [0.15, 0.2) is 28.7 Å². The van der Waals surface area contributed by atoms with Gasteiger partial charge in [-0.3, -0.25) is 4.79 Å². The van der Waals surface area contributed by atoms with E-state index in [1.54, 1.807) is 13.0 Å². The first-order valence-electron chi connectivity index (χ1n) is 6.37. The number of nitrogens with one attached hydrogen (secondary N) is 1. The molecule has 1 amide bonds. The van der Waals surface area contributed by atoms with Crippen molar-refractivity contribution < 1.29 is 13.9 Å². The third kappa shape index (κ3) is 3.51. The first-order valence-corrected chi connectivity index (χ1v) is 7.18. The van der Waals surface area contributed by atoms with E-state index >= 15 is 0 Å². The Labute approximate surface area is 127 Å². The van der Waals surface area contributed by atoms with E-state index in [0.29, 0.717) is 4.88 Å². The molecular formula is C15H16N2O3S. The molecule has 2 aromatic heterocycles. The fraction of sp³-hybridized carbons (Fsp3) is 0.333. The number of carbonyl (C=O) groups is 1. The highest BCUT2D eigenvalue weighted by molar-refractivity contribution is 7.17. The molecule has 0 aromatic carbocycles. The number of ether oxygens (including phenoxy) is 1. The third-order valence-electron chi connectivity index (χ3n) is 2.88. The van der Waals surface area contributed by atoms with E-state index in [9.17, 15) is 4.79 Å². The van der Waals surface area contributed by atoms with Crippen molar-refractivity contribution in [1.29, 1.82) is 5.26 Å². The van der Waals surface area contributed by atoms with Crippen LogP contribution in [0.5, 0.6) is 0 Å². The van der Waals surface area contributed by atoms with Crippen LogP contribution in [0.4, 0.5) is 0 Å². The number of rotatable bonds is 5. The Morgan fingerprint density at radius 2 is 2.24 bits per heavy atom. The van der Waals surface area contributed by atoms with Gasteiger partial charge in [0.05, 0.1) is 22.4 Å². The van der Waals surface area contributed by atoms with Gasteiger partial charge in [0.1, 0.15) is 17.1 Å². The Hall–Kier alpha value is -2.10. The van der Waals surface area contributed by atoms with Gasteiger partial charge in [-0.05, 0) is 38.1 Å². The molecule has 1 unspecified atom stereocenters. The fourth-order valence-corrected chi connectivity index (χ4v) is 2.72. The Bertz CT molecular complexity index is 683. The Balaban J connectivity index is 2.14. The van der Waals surface area contributed by atoms with Gasteiger partial charge in [-0.2, -0.15) is 5.26 Å². The molecule has 5 nitrogen and oxygen atoms in total. The van der Waals surface area contributed by atoms with E-state index in [1.807, 2.05) is 25.1 Å². The van der Waals surface area contributed by atoms with Gasteiger partial charge in [-0.15, -0.1) is 11.3 Å². The lowest BCUT2D eigenvalue weighted by atomic mass is 10.1. The van der Waals surface area contributed by atoms with Crippen molar-refractivity contribution in [3.05, 3.63) is 34.9 Å². The Kier molecular flexibility index (Phi) is 4.46. The van der Waals surface area contributed by atoms with Crippen LogP contribution < -0.4 is 5.32 Å². The lowest BCUT2D eigenvalue weighted by molar-refractivity contribution is 0.0864. The average Bonchev–Trinajstić information content (AvgIpc) is 3.07. The minimum atomic E-state index is -1.04. The maximum Gasteiger partial charge on any atom is 0.262 e. The predicted molar refractivity (Wildman–Crippen MR) is 80.1 cm³/mol. The summed E-state index contributed by atoms with van der Waals surface area (Å²) in [6.45, 7) is 3.62. The van der Waals surface area contributed by atoms with Crippen molar-refractivity contribution in [3.8, 4) is 16.7 Å². The summed E-state index contributed by atoms with van der Waals surface area (Å²) in [6, 6.07) is 9.35. The van der Waals surface area contributed by atoms with Crippen molar-refractivity contribution in [2.24, 2.45) is 0 Å². The topological polar surface area (TPSA) is 75.3 Å². The van der Waals surface area contributed by atoms with Crippen LogP contribution in [-0.2, 0) is 4.74 Å². The molecule has 0 spiro atoms. The lowest BCUT2D eigenvalue weighted by Gasteiger charge is -2.21. The second kappa shape index (κ2) is 6.12. The molecule has 2 heterocycles. The van der Waals surface area contributed by atoms with E-state index < -0.39 is 5.54 Å². The highest BCUT2D eigenvalue weighted by Crippen LogP contribution is 2.29. The van der Waals surface area contributed by atoms with E-state index in [-0.39, 0.29) is 12.5 Å². The number of hydrogen-bond donors (Lipinski definition) is 1. The summed E-state index contributed by atoms with van der Waals surface area (Å²) >= 11 is 1.32. The van der Waals surface area contributed by atoms with Crippen LogP contribution in [0.3, 0.4) is 0 Å². The number of hydrogen-bond acceptors (Lipinski definition) is 5. The number of furan rings is 1. The molecule has 0 bridgehead atoms. The molecule has 1 atom stereocenters. The maximum absolute atomic E-state index is 12.2.